The highest BCUT2D eigenvalue weighted by Gasteiger charge is 2.32. The highest BCUT2D eigenvalue weighted by Crippen LogP contribution is 2.08. The zero-order chi connectivity index (χ0) is 12.3. The van der Waals surface area contributed by atoms with Gasteiger partial charge in [-0.25, -0.2) is 4.79 Å². The van der Waals surface area contributed by atoms with Crippen LogP contribution in [-0.2, 0) is 4.79 Å². The molecule has 0 aromatic carbocycles. The van der Waals surface area contributed by atoms with Crippen molar-refractivity contribution in [3.8, 4) is 0 Å². The number of imide groups is 1. The molecule has 0 spiro atoms. The van der Waals surface area contributed by atoms with Crippen molar-refractivity contribution in [1.82, 2.24) is 15.1 Å². The van der Waals surface area contributed by atoms with Crippen molar-refractivity contribution < 1.29 is 9.59 Å². The molecule has 1 N–H and O–H groups in total. The molecule has 92 valence electrons. The van der Waals surface area contributed by atoms with Crippen molar-refractivity contribution in [3.63, 3.8) is 0 Å². The van der Waals surface area contributed by atoms with E-state index in [9.17, 15) is 9.59 Å². The van der Waals surface area contributed by atoms with Crippen LogP contribution in [0.25, 0.3) is 0 Å². The number of hydrogen-bond acceptors (Lipinski definition) is 3. The number of rotatable bonds is 4. The average Bonchev–Trinajstić information content (AvgIpc) is 2.36. The Labute approximate surface area is 96.8 Å². The van der Waals surface area contributed by atoms with Gasteiger partial charge in [-0.15, -0.1) is 0 Å². The molecule has 0 saturated carbocycles. The van der Waals surface area contributed by atoms with E-state index in [1.165, 1.54) is 9.80 Å². The van der Waals surface area contributed by atoms with Crippen molar-refractivity contribution >= 4 is 11.9 Å². The van der Waals surface area contributed by atoms with Crippen LogP contribution in [-0.4, -0.2) is 54.0 Å². The number of urea groups is 1. The third kappa shape index (κ3) is 3.48. The molecule has 0 aromatic rings. The van der Waals surface area contributed by atoms with Crippen molar-refractivity contribution in [3.05, 3.63) is 0 Å². The fourth-order valence-corrected chi connectivity index (χ4v) is 1.59. The van der Waals surface area contributed by atoms with E-state index in [4.69, 9.17) is 0 Å². The SMILES string of the molecule is CN1CC(=O)N(CCCNC(C)(C)C)C1=O. The quantitative estimate of drug-likeness (QED) is 0.567. The second kappa shape index (κ2) is 4.82. The monoisotopic (exact) mass is 227 g/mol. The van der Waals surface area contributed by atoms with E-state index < -0.39 is 0 Å². The average molecular weight is 227 g/mol. The lowest BCUT2D eigenvalue weighted by Gasteiger charge is -2.21. The van der Waals surface area contributed by atoms with Gasteiger partial charge in [-0.2, -0.15) is 0 Å². The Balaban J connectivity index is 2.28. The normalized spacial score (nSPS) is 17.5. The van der Waals surface area contributed by atoms with Crippen LogP contribution in [0.4, 0.5) is 4.79 Å². The molecule has 1 aliphatic rings. The number of carbonyl (C=O) groups excluding carboxylic acids is 2. The smallest absolute Gasteiger partial charge is 0.318 e. The Morgan fingerprint density at radius 1 is 1.31 bits per heavy atom. The first-order chi connectivity index (χ1) is 7.31. The van der Waals surface area contributed by atoms with Crippen LogP contribution in [0.15, 0.2) is 0 Å². The van der Waals surface area contributed by atoms with Crippen LogP contribution < -0.4 is 5.32 Å². The zero-order valence-electron chi connectivity index (χ0n) is 10.5. The predicted octanol–water partition coefficient (Wildman–Crippen LogP) is 0.659. The number of nitrogens with one attached hydrogen (secondary N) is 1. The summed E-state index contributed by atoms with van der Waals surface area (Å²) in [6, 6.07) is -0.180. The molecule has 5 heteroatoms. The molecular weight excluding hydrogens is 206 g/mol. The first-order valence-electron chi connectivity index (χ1n) is 5.62. The van der Waals surface area contributed by atoms with Crippen LogP contribution in [0, 0.1) is 0 Å². The van der Waals surface area contributed by atoms with Crippen LogP contribution in [0.2, 0.25) is 0 Å². The summed E-state index contributed by atoms with van der Waals surface area (Å²) in [5.74, 6) is -0.0942. The summed E-state index contributed by atoms with van der Waals surface area (Å²) in [5, 5.41) is 3.32. The zero-order valence-corrected chi connectivity index (χ0v) is 10.5. The van der Waals surface area contributed by atoms with Gasteiger partial charge in [-0.05, 0) is 33.7 Å². The lowest BCUT2D eigenvalue weighted by Crippen LogP contribution is -2.39. The van der Waals surface area contributed by atoms with Crippen LogP contribution >= 0.6 is 0 Å². The number of carbonyl (C=O) groups is 2. The van der Waals surface area contributed by atoms with Gasteiger partial charge in [0.25, 0.3) is 0 Å². The Hall–Kier alpha value is -1.10. The van der Waals surface area contributed by atoms with Crippen LogP contribution in [0.5, 0.6) is 0 Å². The van der Waals surface area contributed by atoms with E-state index in [0.717, 1.165) is 13.0 Å². The topological polar surface area (TPSA) is 52.7 Å². The van der Waals surface area contributed by atoms with E-state index in [-0.39, 0.29) is 24.0 Å². The van der Waals surface area contributed by atoms with E-state index in [1.807, 2.05) is 0 Å². The number of amides is 3. The lowest BCUT2D eigenvalue weighted by atomic mass is 10.1. The minimum atomic E-state index is -0.180. The molecule has 0 aliphatic carbocycles. The highest BCUT2D eigenvalue weighted by atomic mass is 16.2. The first kappa shape index (κ1) is 13.0. The van der Waals surface area contributed by atoms with E-state index in [0.29, 0.717) is 6.54 Å². The van der Waals surface area contributed by atoms with Gasteiger partial charge in [0.1, 0.15) is 6.54 Å². The molecule has 1 heterocycles. The number of hydrogen-bond donors (Lipinski definition) is 1. The minimum absolute atomic E-state index is 0.0792. The maximum atomic E-state index is 11.5. The lowest BCUT2D eigenvalue weighted by molar-refractivity contribution is -0.125. The maximum Gasteiger partial charge on any atom is 0.326 e. The number of nitrogens with zero attached hydrogens (tertiary/aromatic N) is 2. The summed E-state index contributed by atoms with van der Waals surface area (Å²) in [6.07, 6.45) is 0.794. The number of likely N-dealkylation sites (N-methyl/N-ethyl adjacent to an activating group) is 1. The maximum absolute atomic E-state index is 11.5. The summed E-state index contributed by atoms with van der Waals surface area (Å²) in [6.45, 7) is 7.80. The molecule has 1 aliphatic heterocycles. The second-order valence-electron chi connectivity index (χ2n) is 5.21. The molecule has 3 amide bonds. The largest absolute Gasteiger partial charge is 0.326 e. The van der Waals surface area contributed by atoms with Gasteiger partial charge in [0.2, 0.25) is 5.91 Å². The van der Waals surface area contributed by atoms with Crippen molar-refractivity contribution in [2.24, 2.45) is 0 Å². The third-order valence-corrected chi connectivity index (χ3v) is 2.44. The Kier molecular flexibility index (Phi) is 3.91. The molecule has 0 aromatic heterocycles. The molecule has 5 nitrogen and oxygen atoms in total. The molecule has 16 heavy (non-hydrogen) atoms. The molecular formula is C11H21N3O2. The van der Waals surface area contributed by atoms with Crippen LogP contribution in [0.3, 0.4) is 0 Å². The molecule has 0 radical (unpaired) electrons. The standard InChI is InChI=1S/C11H21N3O2/c1-11(2,3)12-6-5-7-14-9(15)8-13(4)10(14)16/h12H,5-8H2,1-4H3. The molecule has 0 atom stereocenters. The van der Waals surface area contributed by atoms with Gasteiger partial charge in [0.15, 0.2) is 0 Å². The summed E-state index contributed by atoms with van der Waals surface area (Å²) in [4.78, 5) is 25.7. The first-order valence-corrected chi connectivity index (χ1v) is 5.62. The van der Waals surface area contributed by atoms with Gasteiger partial charge in [0.05, 0.1) is 0 Å². The summed E-state index contributed by atoms with van der Waals surface area (Å²) in [7, 11) is 1.65. The van der Waals surface area contributed by atoms with Crippen LogP contribution in [0.1, 0.15) is 27.2 Å². The second-order valence-corrected chi connectivity index (χ2v) is 5.21. The fraction of sp³-hybridized carbons (Fsp3) is 0.818. The molecule has 0 unspecified atom stereocenters. The van der Waals surface area contributed by atoms with Gasteiger partial charge < -0.3 is 10.2 Å². The van der Waals surface area contributed by atoms with E-state index in [2.05, 4.69) is 26.1 Å². The molecule has 1 fully saturated rings. The van der Waals surface area contributed by atoms with Gasteiger partial charge in [-0.3, -0.25) is 9.69 Å². The van der Waals surface area contributed by atoms with Gasteiger partial charge in [-0.1, -0.05) is 0 Å². The Morgan fingerprint density at radius 2 is 1.94 bits per heavy atom. The Morgan fingerprint density at radius 3 is 2.38 bits per heavy atom. The van der Waals surface area contributed by atoms with E-state index in [1.54, 1.807) is 7.05 Å². The van der Waals surface area contributed by atoms with Crippen molar-refractivity contribution in [1.29, 1.82) is 0 Å². The molecule has 1 rings (SSSR count). The highest BCUT2D eigenvalue weighted by molar-refractivity contribution is 6.01. The summed E-state index contributed by atoms with van der Waals surface area (Å²) < 4.78 is 0. The molecule has 0 bridgehead atoms. The van der Waals surface area contributed by atoms with Gasteiger partial charge in [0, 0.05) is 19.1 Å². The fourth-order valence-electron chi connectivity index (χ4n) is 1.59. The predicted molar refractivity (Wildman–Crippen MR) is 62.1 cm³/mol. The summed E-state index contributed by atoms with van der Waals surface area (Å²) >= 11 is 0. The third-order valence-electron chi connectivity index (χ3n) is 2.44. The van der Waals surface area contributed by atoms with Crippen molar-refractivity contribution in [2.75, 3.05) is 26.7 Å². The molecule has 1 saturated heterocycles. The Bertz CT molecular complexity index is 283. The van der Waals surface area contributed by atoms with Crippen molar-refractivity contribution in [2.45, 2.75) is 32.7 Å². The minimum Gasteiger partial charge on any atom is -0.318 e. The van der Waals surface area contributed by atoms with E-state index >= 15 is 0 Å². The van der Waals surface area contributed by atoms with Gasteiger partial charge >= 0.3 is 6.03 Å². The summed E-state index contributed by atoms with van der Waals surface area (Å²) in [5.41, 5.74) is 0.0792.